The molecular weight excluding hydrogens is 134 g/mol. The molecule has 0 aromatic heterocycles. The maximum Gasteiger partial charge on any atom is 0.0337 e. The Morgan fingerprint density at radius 2 is 2.36 bits per heavy atom. The fraction of sp³-hybridized carbons (Fsp3) is 0.400. The van der Waals surface area contributed by atoms with Gasteiger partial charge in [0.1, 0.15) is 0 Å². The molecule has 0 aliphatic heterocycles. The summed E-state index contributed by atoms with van der Waals surface area (Å²) in [5, 5.41) is 3.14. The average molecular weight is 149 g/mol. The Balaban J connectivity index is 2.77. The SMILES string of the molecule is CCC1=CCC=CC(NC)=C1. The van der Waals surface area contributed by atoms with Crippen LogP contribution in [-0.4, -0.2) is 7.05 Å². The highest BCUT2D eigenvalue weighted by Crippen LogP contribution is 2.11. The van der Waals surface area contributed by atoms with E-state index in [1.54, 1.807) is 0 Å². The summed E-state index contributed by atoms with van der Waals surface area (Å²) < 4.78 is 0. The van der Waals surface area contributed by atoms with Crippen LogP contribution in [-0.2, 0) is 0 Å². The van der Waals surface area contributed by atoms with Crippen molar-refractivity contribution in [3.63, 3.8) is 0 Å². The second-order valence-electron chi connectivity index (χ2n) is 2.62. The highest BCUT2D eigenvalue weighted by molar-refractivity contribution is 5.32. The van der Waals surface area contributed by atoms with Crippen LogP contribution in [0.1, 0.15) is 19.8 Å². The predicted molar refractivity (Wildman–Crippen MR) is 49.3 cm³/mol. The lowest BCUT2D eigenvalue weighted by molar-refractivity contribution is 1.02. The second kappa shape index (κ2) is 4.02. The van der Waals surface area contributed by atoms with Crippen molar-refractivity contribution < 1.29 is 0 Å². The van der Waals surface area contributed by atoms with E-state index in [0.29, 0.717) is 0 Å². The molecule has 1 nitrogen and oxygen atoms in total. The molecule has 0 aromatic carbocycles. The molecule has 0 atom stereocenters. The minimum Gasteiger partial charge on any atom is -0.388 e. The lowest BCUT2D eigenvalue weighted by atomic mass is 10.1. The van der Waals surface area contributed by atoms with Gasteiger partial charge in [0, 0.05) is 12.7 Å². The number of hydrogen-bond donors (Lipinski definition) is 1. The quantitative estimate of drug-likeness (QED) is 0.635. The van der Waals surface area contributed by atoms with Crippen LogP contribution in [0.25, 0.3) is 0 Å². The van der Waals surface area contributed by atoms with Crippen LogP contribution in [0.5, 0.6) is 0 Å². The second-order valence-corrected chi connectivity index (χ2v) is 2.62. The van der Waals surface area contributed by atoms with Crippen molar-refractivity contribution in [1.29, 1.82) is 0 Å². The van der Waals surface area contributed by atoms with E-state index in [9.17, 15) is 0 Å². The molecule has 0 unspecified atom stereocenters. The van der Waals surface area contributed by atoms with Gasteiger partial charge in [-0.15, -0.1) is 0 Å². The third-order valence-corrected chi connectivity index (χ3v) is 1.85. The summed E-state index contributed by atoms with van der Waals surface area (Å²) in [6, 6.07) is 0. The average Bonchev–Trinajstić information content (AvgIpc) is 2.28. The molecule has 1 aliphatic carbocycles. The molecule has 1 aliphatic rings. The first-order chi connectivity index (χ1) is 5.36. The van der Waals surface area contributed by atoms with E-state index in [2.05, 4.69) is 36.5 Å². The number of rotatable bonds is 2. The monoisotopic (exact) mass is 149 g/mol. The van der Waals surface area contributed by atoms with Crippen molar-refractivity contribution in [3.8, 4) is 0 Å². The van der Waals surface area contributed by atoms with Gasteiger partial charge in [-0.05, 0) is 30.6 Å². The summed E-state index contributed by atoms with van der Waals surface area (Å²) in [7, 11) is 1.95. The molecule has 0 heterocycles. The summed E-state index contributed by atoms with van der Waals surface area (Å²) in [6.45, 7) is 2.18. The summed E-state index contributed by atoms with van der Waals surface area (Å²) in [5.74, 6) is 0. The molecule has 0 bridgehead atoms. The van der Waals surface area contributed by atoms with Gasteiger partial charge in [-0.25, -0.2) is 0 Å². The van der Waals surface area contributed by atoms with Gasteiger partial charge >= 0.3 is 0 Å². The molecule has 0 aromatic rings. The molecule has 1 rings (SSSR count). The Morgan fingerprint density at radius 1 is 1.55 bits per heavy atom. The van der Waals surface area contributed by atoms with Crippen LogP contribution in [0.2, 0.25) is 0 Å². The third kappa shape index (κ3) is 2.26. The van der Waals surface area contributed by atoms with E-state index in [-0.39, 0.29) is 0 Å². The smallest absolute Gasteiger partial charge is 0.0337 e. The Bertz CT molecular complexity index is 209. The predicted octanol–water partition coefficient (Wildman–Crippen LogP) is 2.39. The Kier molecular flexibility index (Phi) is 2.96. The van der Waals surface area contributed by atoms with Gasteiger partial charge in [0.15, 0.2) is 0 Å². The zero-order valence-electron chi connectivity index (χ0n) is 7.22. The van der Waals surface area contributed by atoms with Gasteiger partial charge in [0.25, 0.3) is 0 Å². The van der Waals surface area contributed by atoms with Crippen LogP contribution in [0.3, 0.4) is 0 Å². The first kappa shape index (κ1) is 8.12. The van der Waals surface area contributed by atoms with E-state index in [0.717, 1.165) is 12.8 Å². The van der Waals surface area contributed by atoms with Crippen molar-refractivity contribution in [2.24, 2.45) is 0 Å². The lowest BCUT2D eigenvalue weighted by Gasteiger charge is -1.99. The minimum atomic E-state index is 1.06. The van der Waals surface area contributed by atoms with Gasteiger partial charge in [0.05, 0.1) is 0 Å². The van der Waals surface area contributed by atoms with Crippen molar-refractivity contribution in [2.75, 3.05) is 7.05 Å². The first-order valence-corrected chi connectivity index (χ1v) is 4.12. The fourth-order valence-electron chi connectivity index (χ4n) is 1.12. The molecule has 60 valence electrons. The van der Waals surface area contributed by atoms with Crippen LogP contribution in [0.4, 0.5) is 0 Å². The van der Waals surface area contributed by atoms with E-state index < -0.39 is 0 Å². The van der Waals surface area contributed by atoms with Crippen LogP contribution < -0.4 is 5.32 Å². The molecule has 0 radical (unpaired) electrons. The topological polar surface area (TPSA) is 12.0 Å². The summed E-state index contributed by atoms with van der Waals surface area (Å²) in [6.07, 6.45) is 10.9. The number of nitrogens with one attached hydrogen (secondary N) is 1. The van der Waals surface area contributed by atoms with Gasteiger partial charge in [0.2, 0.25) is 0 Å². The molecular formula is C10H15N. The van der Waals surface area contributed by atoms with Crippen molar-refractivity contribution in [2.45, 2.75) is 19.8 Å². The lowest BCUT2D eigenvalue weighted by Crippen LogP contribution is -2.02. The maximum atomic E-state index is 3.14. The van der Waals surface area contributed by atoms with Gasteiger partial charge in [-0.3, -0.25) is 0 Å². The zero-order chi connectivity index (χ0) is 8.10. The zero-order valence-corrected chi connectivity index (χ0v) is 7.22. The largest absolute Gasteiger partial charge is 0.388 e. The first-order valence-electron chi connectivity index (χ1n) is 4.12. The Morgan fingerprint density at radius 3 is 3.00 bits per heavy atom. The van der Waals surface area contributed by atoms with Crippen molar-refractivity contribution in [1.82, 2.24) is 5.32 Å². The fourth-order valence-corrected chi connectivity index (χ4v) is 1.12. The number of likely N-dealkylation sites (N-methyl/N-ethyl adjacent to an activating group) is 1. The van der Waals surface area contributed by atoms with E-state index in [1.807, 2.05) is 7.05 Å². The summed E-state index contributed by atoms with van der Waals surface area (Å²) in [5.41, 5.74) is 2.62. The van der Waals surface area contributed by atoms with E-state index in [1.165, 1.54) is 11.3 Å². The number of allylic oxidation sites excluding steroid dienone is 5. The normalized spacial score (nSPS) is 16.9. The van der Waals surface area contributed by atoms with Gasteiger partial charge < -0.3 is 5.32 Å². The maximum absolute atomic E-state index is 3.14. The van der Waals surface area contributed by atoms with Crippen LogP contribution >= 0.6 is 0 Å². The molecule has 11 heavy (non-hydrogen) atoms. The third-order valence-electron chi connectivity index (χ3n) is 1.85. The van der Waals surface area contributed by atoms with Crippen LogP contribution in [0.15, 0.2) is 35.6 Å². The summed E-state index contributed by atoms with van der Waals surface area (Å²) >= 11 is 0. The van der Waals surface area contributed by atoms with Crippen molar-refractivity contribution >= 4 is 0 Å². The molecule has 0 spiro atoms. The van der Waals surface area contributed by atoms with E-state index >= 15 is 0 Å². The molecule has 1 N–H and O–H groups in total. The Labute approximate surface area is 68.5 Å². The van der Waals surface area contributed by atoms with Gasteiger partial charge in [-0.2, -0.15) is 0 Å². The summed E-state index contributed by atoms with van der Waals surface area (Å²) in [4.78, 5) is 0. The molecule has 0 saturated carbocycles. The van der Waals surface area contributed by atoms with Crippen molar-refractivity contribution in [3.05, 3.63) is 35.6 Å². The van der Waals surface area contributed by atoms with E-state index in [4.69, 9.17) is 0 Å². The molecule has 0 saturated heterocycles. The molecule has 0 fully saturated rings. The van der Waals surface area contributed by atoms with Gasteiger partial charge in [-0.1, -0.05) is 19.1 Å². The van der Waals surface area contributed by atoms with Crippen LogP contribution in [0, 0.1) is 0 Å². The molecule has 1 heteroatoms. The minimum absolute atomic E-state index is 1.06. The highest BCUT2D eigenvalue weighted by atomic mass is 14.8. The number of hydrogen-bond acceptors (Lipinski definition) is 1. The Hall–Kier alpha value is -0.980. The highest BCUT2D eigenvalue weighted by Gasteiger charge is 1.94. The molecule has 0 amide bonds. The standard InChI is InChI=1S/C10H15N/c1-3-9-6-4-5-7-10(8-9)11-2/h5-8,11H,3-4H2,1-2H3.